The Balaban J connectivity index is 1.57. The van der Waals surface area contributed by atoms with Gasteiger partial charge in [0.1, 0.15) is 0 Å². The summed E-state index contributed by atoms with van der Waals surface area (Å²) in [6, 6.07) is 9.88. The van der Waals surface area contributed by atoms with E-state index in [1.54, 1.807) is 30.2 Å². The molecule has 1 N–H and O–H groups in total. The van der Waals surface area contributed by atoms with Crippen LogP contribution in [-0.2, 0) is 11.3 Å². The smallest absolute Gasteiger partial charge is 0.253 e. The number of aryl methyl sites for hydroxylation is 1. The van der Waals surface area contributed by atoms with Gasteiger partial charge < -0.3 is 15.1 Å². The number of thiophene rings is 1. The Kier molecular flexibility index (Phi) is 5.61. The molecular weight excluding hydrogens is 346 g/mol. The standard InChI is InChI=1S/C20H25N3O2S/c1-14-9-11-26-19(14)12-21-17-6-4-16(5-7-17)20(25)23-10-8-18(13-23)22(3)15(2)24/h4-7,9,11,18,21H,8,10,12-13H2,1-3H3/t18-/m0/s1. The van der Waals surface area contributed by atoms with E-state index in [1.807, 2.05) is 29.2 Å². The summed E-state index contributed by atoms with van der Waals surface area (Å²) in [6.45, 7) is 5.77. The van der Waals surface area contributed by atoms with Crippen LogP contribution >= 0.6 is 11.3 Å². The molecule has 0 radical (unpaired) electrons. The zero-order valence-corrected chi connectivity index (χ0v) is 16.3. The normalized spacial score (nSPS) is 16.6. The van der Waals surface area contributed by atoms with Gasteiger partial charge in [0.2, 0.25) is 5.91 Å². The van der Waals surface area contributed by atoms with Gasteiger partial charge in [-0.2, -0.15) is 0 Å². The van der Waals surface area contributed by atoms with Gasteiger partial charge in [-0.3, -0.25) is 9.59 Å². The third kappa shape index (κ3) is 4.07. The molecule has 0 unspecified atom stereocenters. The summed E-state index contributed by atoms with van der Waals surface area (Å²) in [6.07, 6.45) is 0.835. The van der Waals surface area contributed by atoms with Crippen LogP contribution < -0.4 is 5.32 Å². The minimum atomic E-state index is 0.0325. The van der Waals surface area contributed by atoms with E-state index in [2.05, 4.69) is 23.7 Å². The van der Waals surface area contributed by atoms with Crippen molar-refractivity contribution in [2.24, 2.45) is 0 Å². The van der Waals surface area contributed by atoms with Crippen LogP contribution in [0.15, 0.2) is 35.7 Å². The fourth-order valence-electron chi connectivity index (χ4n) is 3.18. The van der Waals surface area contributed by atoms with Gasteiger partial charge in [-0.25, -0.2) is 0 Å². The summed E-state index contributed by atoms with van der Waals surface area (Å²) in [7, 11) is 1.80. The minimum Gasteiger partial charge on any atom is -0.380 e. The van der Waals surface area contributed by atoms with Crippen LogP contribution in [-0.4, -0.2) is 47.8 Å². The number of hydrogen-bond acceptors (Lipinski definition) is 4. The Labute approximate surface area is 158 Å². The summed E-state index contributed by atoms with van der Waals surface area (Å²) < 4.78 is 0. The zero-order chi connectivity index (χ0) is 18.7. The molecule has 0 aliphatic carbocycles. The molecule has 138 valence electrons. The molecule has 1 aliphatic heterocycles. The first-order valence-corrected chi connectivity index (χ1v) is 9.73. The van der Waals surface area contributed by atoms with Crippen molar-refractivity contribution in [3.63, 3.8) is 0 Å². The molecule has 1 saturated heterocycles. The first-order valence-electron chi connectivity index (χ1n) is 8.85. The van der Waals surface area contributed by atoms with E-state index in [-0.39, 0.29) is 17.9 Å². The van der Waals surface area contributed by atoms with Crippen LogP contribution in [0.4, 0.5) is 5.69 Å². The molecule has 1 aromatic carbocycles. The fraction of sp³-hybridized carbons (Fsp3) is 0.400. The van der Waals surface area contributed by atoms with Gasteiger partial charge in [-0.1, -0.05) is 0 Å². The van der Waals surface area contributed by atoms with Crippen molar-refractivity contribution < 1.29 is 9.59 Å². The number of likely N-dealkylation sites (tertiary alicyclic amines) is 1. The number of carbonyl (C=O) groups is 2. The fourth-order valence-corrected chi connectivity index (χ4v) is 4.03. The number of nitrogens with zero attached hydrogens (tertiary/aromatic N) is 2. The largest absolute Gasteiger partial charge is 0.380 e. The van der Waals surface area contributed by atoms with Gasteiger partial charge in [0.05, 0.1) is 6.04 Å². The quantitative estimate of drug-likeness (QED) is 0.877. The monoisotopic (exact) mass is 371 g/mol. The van der Waals surface area contributed by atoms with Crippen molar-refractivity contribution in [2.45, 2.75) is 32.9 Å². The molecule has 1 fully saturated rings. The lowest BCUT2D eigenvalue weighted by atomic mass is 10.2. The second kappa shape index (κ2) is 7.91. The third-order valence-corrected chi connectivity index (χ3v) is 6.07. The van der Waals surface area contributed by atoms with Crippen molar-refractivity contribution in [2.75, 3.05) is 25.5 Å². The zero-order valence-electron chi connectivity index (χ0n) is 15.5. The minimum absolute atomic E-state index is 0.0325. The highest BCUT2D eigenvalue weighted by Crippen LogP contribution is 2.20. The van der Waals surface area contributed by atoms with E-state index in [1.165, 1.54) is 10.4 Å². The highest BCUT2D eigenvalue weighted by molar-refractivity contribution is 7.10. The molecule has 2 amide bonds. The highest BCUT2D eigenvalue weighted by atomic mass is 32.1. The van der Waals surface area contributed by atoms with Crippen LogP contribution in [0.1, 0.15) is 34.1 Å². The summed E-state index contributed by atoms with van der Waals surface area (Å²) >= 11 is 1.75. The predicted molar refractivity (Wildman–Crippen MR) is 106 cm³/mol. The first-order chi connectivity index (χ1) is 12.5. The number of rotatable bonds is 5. The van der Waals surface area contributed by atoms with Crippen LogP contribution in [0.25, 0.3) is 0 Å². The van der Waals surface area contributed by atoms with Crippen LogP contribution in [0.2, 0.25) is 0 Å². The van der Waals surface area contributed by atoms with Gasteiger partial charge in [0, 0.05) is 49.7 Å². The molecule has 1 atom stereocenters. The average Bonchev–Trinajstić information content (AvgIpc) is 3.28. The van der Waals surface area contributed by atoms with Crippen molar-refractivity contribution in [3.8, 4) is 0 Å². The molecule has 1 aliphatic rings. The Morgan fingerprint density at radius 3 is 2.62 bits per heavy atom. The lowest BCUT2D eigenvalue weighted by Crippen LogP contribution is -2.38. The van der Waals surface area contributed by atoms with Crippen molar-refractivity contribution in [1.29, 1.82) is 0 Å². The summed E-state index contributed by atoms with van der Waals surface area (Å²) in [4.78, 5) is 29.1. The number of benzene rings is 1. The molecule has 2 aromatic rings. The summed E-state index contributed by atoms with van der Waals surface area (Å²) in [5.41, 5.74) is 2.99. The maximum absolute atomic E-state index is 12.7. The molecule has 1 aromatic heterocycles. The van der Waals surface area contributed by atoms with E-state index in [0.717, 1.165) is 18.7 Å². The van der Waals surface area contributed by atoms with Gasteiger partial charge >= 0.3 is 0 Å². The lowest BCUT2D eigenvalue weighted by molar-refractivity contribution is -0.129. The molecule has 3 rings (SSSR count). The van der Waals surface area contributed by atoms with Crippen LogP contribution in [0.3, 0.4) is 0 Å². The number of anilines is 1. The molecule has 0 bridgehead atoms. The number of carbonyl (C=O) groups excluding carboxylic acids is 2. The molecule has 2 heterocycles. The molecule has 6 heteroatoms. The van der Waals surface area contributed by atoms with Gasteiger partial charge in [0.25, 0.3) is 5.91 Å². The van der Waals surface area contributed by atoms with Crippen molar-refractivity contribution in [1.82, 2.24) is 9.80 Å². The van der Waals surface area contributed by atoms with Crippen LogP contribution in [0.5, 0.6) is 0 Å². The van der Waals surface area contributed by atoms with Crippen LogP contribution in [0, 0.1) is 6.92 Å². The van der Waals surface area contributed by atoms with Gasteiger partial charge in [-0.15, -0.1) is 11.3 Å². The van der Waals surface area contributed by atoms with E-state index < -0.39 is 0 Å². The Bertz CT molecular complexity index is 785. The Hall–Kier alpha value is -2.34. The Morgan fingerprint density at radius 2 is 2.00 bits per heavy atom. The maximum atomic E-state index is 12.7. The second-order valence-electron chi connectivity index (χ2n) is 6.78. The number of hydrogen-bond donors (Lipinski definition) is 1. The highest BCUT2D eigenvalue weighted by Gasteiger charge is 2.30. The number of amides is 2. The SMILES string of the molecule is CC(=O)N(C)[C@H]1CCN(C(=O)c2ccc(NCc3sccc3C)cc2)C1. The van der Waals surface area contributed by atoms with E-state index in [0.29, 0.717) is 18.7 Å². The summed E-state index contributed by atoms with van der Waals surface area (Å²) in [5, 5.41) is 5.50. The topological polar surface area (TPSA) is 52.7 Å². The third-order valence-electron chi connectivity index (χ3n) is 5.05. The first kappa shape index (κ1) is 18.5. The summed E-state index contributed by atoms with van der Waals surface area (Å²) in [5.74, 6) is 0.0748. The Morgan fingerprint density at radius 1 is 1.27 bits per heavy atom. The van der Waals surface area contributed by atoms with Gasteiger partial charge in [-0.05, 0) is 54.6 Å². The second-order valence-corrected chi connectivity index (χ2v) is 7.78. The van der Waals surface area contributed by atoms with Crippen molar-refractivity contribution >= 4 is 28.8 Å². The molecule has 0 spiro atoms. The van der Waals surface area contributed by atoms with Crippen molar-refractivity contribution in [3.05, 3.63) is 51.7 Å². The maximum Gasteiger partial charge on any atom is 0.253 e. The van der Waals surface area contributed by atoms with Gasteiger partial charge in [0.15, 0.2) is 0 Å². The number of likely N-dealkylation sites (N-methyl/N-ethyl adjacent to an activating group) is 1. The molecular formula is C20H25N3O2S. The number of nitrogens with one attached hydrogen (secondary N) is 1. The molecule has 0 saturated carbocycles. The van der Waals surface area contributed by atoms with E-state index in [9.17, 15) is 9.59 Å². The lowest BCUT2D eigenvalue weighted by Gasteiger charge is -2.23. The average molecular weight is 372 g/mol. The van der Waals surface area contributed by atoms with E-state index in [4.69, 9.17) is 0 Å². The molecule has 26 heavy (non-hydrogen) atoms. The predicted octanol–water partition coefficient (Wildman–Crippen LogP) is 3.36. The van der Waals surface area contributed by atoms with E-state index >= 15 is 0 Å². The molecule has 5 nitrogen and oxygen atoms in total.